The summed E-state index contributed by atoms with van der Waals surface area (Å²) in [6.45, 7) is 5.43. The summed E-state index contributed by atoms with van der Waals surface area (Å²) in [5.74, 6) is -1.55. The van der Waals surface area contributed by atoms with E-state index in [1.165, 1.54) is 5.01 Å². The van der Waals surface area contributed by atoms with Crippen LogP contribution in [0.1, 0.15) is 39.9 Å². The first kappa shape index (κ1) is 22.4. The van der Waals surface area contributed by atoms with Crippen molar-refractivity contribution in [3.05, 3.63) is 10.6 Å². The van der Waals surface area contributed by atoms with E-state index in [2.05, 4.69) is 14.6 Å². The average Bonchev–Trinajstić information content (AvgIpc) is 3.37. The molecule has 0 radical (unpaired) electrons. The van der Waals surface area contributed by atoms with Gasteiger partial charge in [0, 0.05) is 39.3 Å². The van der Waals surface area contributed by atoms with Crippen LogP contribution in [-0.4, -0.2) is 95.5 Å². The number of ether oxygens (including phenoxy) is 1. The smallest absolute Gasteiger partial charge is 0.282 e. The third kappa shape index (κ3) is 4.89. The van der Waals surface area contributed by atoms with Gasteiger partial charge >= 0.3 is 0 Å². The Morgan fingerprint density at radius 1 is 1.33 bits per heavy atom. The molecule has 0 aliphatic carbocycles. The van der Waals surface area contributed by atoms with Gasteiger partial charge in [0.15, 0.2) is 5.69 Å². The van der Waals surface area contributed by atoms with Crippen molar-refractivity contribution in [2.75, 3.05) is 52.1 Å². The fourth-order valence-electron chi connectivity index (χ4n) is 3.57. The van der Waals surface area contributed by atoms with Crippen molar-refractivity contribution in [2.45, 2.75) is 31.9 Å². The molecule has 0 bridgehead atoms. The second-order valence-corrected chi connectivity index (χ2v) is 8.37. The largest absolute Gasteiger partial charge is 0.395 e. The predicted octanol–water partition coefficient (Wildman–Crippen LogP) is -0.887. The Bertz CT molecular complexity index is 787. The second kappa shape index (κ2) is 9.69. The summed E-state index contributed by atoms with van der Waals surface area (Å²) in [5.41, 5.74) is 11.1. The Labute approximate surface area is 179 Å². The van der Waals surface area contributed by atoms with Gasteiger partial charge in [-0.2, -0.15) is 4.37 Å². The Kier molecular flexibility index (Phi) is 7.23. The summed E-state index contributed by atoms with van der Waals surface area (Å²) in [6, 6.07) is -0.777. The zero-order valence-corrected chi connectivity index (χ0v) is 18.1. The number of hydrogen-bond donors (Lipinski definition) is 3. The summed E-state index contributed by atoms with van der Waals surface area (Å²) in [7, 11) is 2.00. The molecule has 30 heavy (non-hydrogen) atoms. The van der Waals surface area contributed by atoms with Crippen molar-refractivity contribution in [1.82, 2.24) is 24.6 Å². The minimum absolute atomic E-state index is 0.00389. The van der Waals surface area contributed by atoms with Crippen molar-refractivity contribution in [3.8, 4) is 0 Å². The molecule has 2 saturated heterocycles. The standard InChI is InChI=1S/C18H29N7O4S/c1-11(17(27)21-10-12-4-3-9-29-12)25(24-7-5-23(2)6-8-24)18(28)15-13(19)14(16(20)26)22-30-15/h11-12H,3-10,19H2,1-2H3,(H2,20,26)(H,21,27)/t11-,12+/m0/s1. The molecule has 2 aliphatic heterocycles. The highest BCUT2D eigenvalue weighted by atomic mass is 32.1. The van der Waals surface area contributed by atoms with Crippen LogP contribution in [0, 0.1) is 0 Å². The molecule has 0 unspecified atom stereocenters. The molecule has 2 atom stereocenters. The molecule has 0 spiro atoms. The topological polar surface area (TPSA) is 147 Å². The molecule has 1 aromatic rings. The monoisotopic (exact) mass is 439 g/mol. The van der Waals surface area contributed by atoms with Gasteiger partial charge in [-0.3, -0.25) is 19.4 Å². The Morgan fingerprint density at radius 3 is 2.60 bits per heavy atom. The first-order chi connectivity index (χ1) is 14.3. The van der Waals surface area contributed by atoms with E-state index >= 15 is 0 Å². The van der Waals surface area contributed by atoms with Gasteiger partial charge < -0.3 is 26.4 Å². The normalized spacial score (nSPS) is 21.3. The lowest BCUT2D eigenvalue weighted by atomic mass is 10.2. The number of carbonyl (C=O) groups is 3. The number of likely N-dealkylation sites (N-methyl/N-ethyl adjacent to an activating group) is 1. The first-order valence-corrected chi connectivity index (χ1v) is 10.8. The van der Waals surface area contributed by atoms with Crippen molar-refractivity contribution >= 4 is 34.9 Å². The van der Waals surface area contributed by atoms with E-state index in [4.69, 9.17) is 16.2 Å². The average molecular weight is 440 g/mol. The molecule has 11 nitrogen and oxygen atoms in total. The number of aromatic nitrogens is 1. The van der Waals surface area contributed by atoms with Crippen LogP contribution in [0.2, 0.25) is 0 Å². The fourth-order valence-corrected chi connectivity index (χ4v) is 4.31. The maximum Gasteiger partial charge on any atom is 0.282 e. The van der Waals surface area contributed by atoms with E-state index in [0.717, 1.165) is 37.5 Å². The van der Waals surface area contributed by atoms with Crippen molar-refractivity contribution in [1.29, 1.82) is 0 Å². The summed E-state index contributed by atoms with van der Waals surface area (Å²) in [6.07, 6.45) is 1.89. The quantitative estimate of drug-likeness (QED) is 0.496. The number of hydrazine groups is 1. The molecule has 1 aromatic heterocycles. The summed E-state index contributed by atoms with van der Waals surface area (Å²) in [4.78, 5) is 40.0. The number of rotatable bonds is 7. The zero-order chi connectivity index (χ0) is 21.8. The summed E-state index contributed by atoms with van der Waals surface area (Å²) < 4.78 is 9.47. The lowest BCUT2D eigenvalue weighted by Crippen LogP contribution is -2.60. The molecule has 166 valence electrons. The first-order valence-electron chi connectivity index (χ1n) is 10.0. The van der Waals surface area contributed by atoms with Crippen LogP contribution >= 0.6 is 11.5 Å². The number of anilines is 1. The van der Waals surface area contributed by atoms with Crippen LogP contribution in [0.5, 0.6) is 0 Å². The highest BCUT2D eigenvalue weighted by molar-refractivity contribution is 7.09. The van der Waals surface area contributed by atoms with E-state index in [0.29, 0.717) is 26.2 Å². The third-order valence-corrected chi connectivity index (χ3v) is 6.27. The van der Waals surface area contributed by atoms with Gasteiger partial charge in [0.25, 0.3) is 11.8 Å². The molecular weight excluding hydrogens is 410 g/mol. The van der Waals surface area contributed by atoms with E-state index < -0.39 is 17.9 Å². The van der Waals surface area contributed by atoms with Crippen LogP contribution in [-0.2, 0) is 9.53 Å². The van der Waals surface area contributed by atoms with E-state index in [1.54, 1.807) is 6.92 Å². The lowest BCUT2D eigenvalue weighted by Gasteiger charge is -2.42. The van der Waals surface area contributed by atoms with Crippen LogP contribution in [0.25, 0.3) is 0 Å². The van der Waals surface area contributed by atoms with E-state index in [1.807, 2.05) is 12.1 Å². The number of carbonyl (C=O) groups excluding carboxylic acids is 3. The second-order valence-electron chi connectivity index (χ2n) is 7.60. The van der Waals surface area contributed by atoms with Crippen LogP contribution in [0.3, 0.4) is 0 Å². The van der Waals surface area contributed by atoms with Gasteiger partial charge in [-0.05, 0) is 38.3 Å². The minimum atomic E-state index is -0.795. The molecule has 2 aliphatic rings. The number of nitrogens with one attached hydrogen (secondary N) is 1. The fraction of sp³-hybridized carbons (Fsp3) is 0.667. The lowest BCUT2D eigenvalue weighted by molar-refractivity contribution is -0.133. The van der Waals surface area contributed by atoms with Gasteiger partial charge in [-0.25, -0.2) is 5.01 Å². The minimum Gasteiger partial charge on any atom is -0.395 e. The molecule has 0 saturated carbocycles. The maximum absolute atomic E-state index is 13.4. The van der Waals surface area contributed by atoms with Gasteiger partial charge in [0.1, 0.15) is 10.9 Å². The number of piperazine rings is 1. The Hall–Kier alpha value is -2.28. The third-order valence-electron chi connectivity index (χ3n) is 5.42. The van der Waals surface area contributed by atoms with Crippen LogP contribution in [0.15, 0.2) is 0 Å². The molecule has 0 aromatic carbocycles. The number of primary amides is 1. The number of nitrogens with zero attached hydrogens (tertiary/aromatic N) is 4. The summed E-state index contributed by atoms with van der Waals surface area (Å²) >= 11 is 0.813. The molecule has 2 fully saturated rings. The predicted molar refractivity (Wildman–Crippen MR) is 112 cm³/mol. The Balaban J connectivity index is 1.79. The summed E-state index contributed by atoms with van der Waals surface area (Å²) in [5, 5.41) is 6.16. The van der Waals surface area contributed by atoms with Gasteiger partial charge in [0.05, 0.1) is 11.8 Å². The molecule has 5 N–H and O–H groups in total. The molecular formula is C18H29N7O4S. The highest BCUT2D eigenvalue weighted by Gasteiger charge is 2.36. The van der Waals surface area contributed by atoms with Gasteiger partial charge in [0.2, 0.25) is 5.91 Å². The molecule has 3 rings (SSSR count). The molecule has 12 heteroatoms. The van der Waals surface area contributed by atoms with Crippen molar-refractivity contribution < 1.29 is 19.1 Å². The number of nitrogen functional groups attached to an aromatic ring is 1. The highest BCUT2D eigenvalue weighted by Crippen LogP contribution is 2.25. The molecule has 3 heterocycles. The van der Waals surface area contributed by atoms with Gasteiger partial charge in [-0.1, -0.05) is 0 Å². The van der Waals surface area contributed by atoms with E-state index in [9.17, 15) is 14.4 Å². The van der Waals surface area contributed by atoms with Crippen LogP contribution in [0.4, 0.5) is 5.69 Å². The molecule has 3 amide bonds. The van der Waals surface area contributed by atoms with E-state index in [-0.39, 0.29) is 28.3 Å². The number of amides is 3. The van der Waals surface area contributed by atoms with Crippen molar-refractivity contribution in [2.24, 2.45) is 5.73 Å². The van der Waals surface area contributed by atoms with Crippen molar-refractivity contribution in [3.63, 3.8) is 0 Å². The SMILES string of the molecule is C[C@@H](C(=O)NC[C@H]1CCCO1)N(C(=O)c1snc(C(N)=O)c1N)N1CCN(C)CC1. The maximum atomic E-state index is 13.4. The number of hydrogen-bond acceptors (Lipinski definition) is 9. The van der Waals surface area contributed by atoms with Gasteiger partial charge in [-0.15, -0.1) is 0 Å². The number of nitrogens with two attached hydrogens (primary N) is 2. The van der Waals surface area contributed by atoms with Crippen LogP contribution < -0.4 is 16.8 Å². The Morgan fingerprint density at radius 2 is 2.03 bits per heavy atom. The zero-order valence-electron chi connectivity index (χ0n) is 17.3.